The summed E-state index contributed by atoms with van der Waals surface area (Å²) in [7, 11) is 1.73. The van der Waals surface area contributed by atoms with Crippen molar-refractivity contribution in [3.63, 3.8) is 0 Å². The van der Waals surface area contributed by atoms with Crippen LogP contribution in [0.3, 0.4) is 0 Å². The fraction of sp³-hybridized carbons (Fsp3) is 0.625. The van der Waals surface area contributed by atoms with E-state index in [2.05, 4.69) is 29.6 Å². The van der Waals surface area contributed by atoms with Crippen molar-refractivity contribution in [3.8, 4) is 0 Å². The molecule has 4 heteroatoms. The van der Waals surface area contributed by atoms with Crippen LogP contribution in [0.25, 0.3) is 0 Å². The van der Waals surface area contributed by atoms with Crippen LogP contribution >= 0.6 is 11.8 Å². The highest BCUT2D eigenvalue weighted by molar-refractivity contribution is 7.99. The van der Waals surface area contributed by atoms with Gasteiger partial charge in [0.1, 0.15) is 0 Å². The zero-order valence-corrected chi connectivity index (χ0v) is 13.1. The highest BCUT2D eigenvalue weighted by Gasteiger charge is 2.13. The Bertz CT molecular complexity index is 363. The molecule has 1 aromatic rings. The number of thioether (sulfide) groups is 1. The number of hydrogen-bond acceptors (Lipinski definition) is 4. The van der Waals surface area contributed by atoms with Crippen molar-refractivity contribution in [1.82, 2.24) is 5.32 Å². The van der Waals surface area contributed by atoms with Gasteiger partial charge in [-0.2, -0.15) is 0 Å². The van der Waals surface area contributed by atoms with E-state index in [4.69, 9.17) is 9.47 Å². The van der Waals surface area contributed by atoms with Crippen molar-refractivity contribution in [1.29, 1.82) is 0 Å². The highest BCUT2D eigenvalue weighted by atomic mass is 32.2. The lowest BCUT2D eigenvalue weighted by molar-refractivity contribution is 0.0728. The van der Waals surface area contributed by atoms with E-state index in [9.17, 15) is 0 Å². The minimum absolute atomic E-state index is 0.763. The van der Waals surface area contributed by atoms with Crippen molar-refractivity contribution in [3.05, 3.63) is 29.8 Å². The third-order valence-electron chi connectivity index (χ3n) is 3.56. The summed E-state index contributed by atoms with van der Waals surface area (Å²) in [5.74, 6) is 2.04. The van der Waals surface area contributed by atoms with Crippen LogP contribution < -0.4 is 5.32 Å². The molecular weight excluding hydrogens is 270 g/mol. The van der Waals surface area contributed by atoms with Crippen LogP contribution in [0, 0.1) is 5.92 Å². The molecule has 3 nitrogen and oxygen atoms in total. The number of ether oxygens (including phenoxy) is 2. The van der Waals surface area contributed by atoms with Crippen molar-refractivity contribution in [2.24, 2.45) is 5.92 Å². The molecule has 0 bridgehead atoms. The Hall–Kier alpha value is -0.550. The van der Waals surface area contributed by atoms with E-state index < -0.39 is 0 Å². The Balaban J connectivity index is 1.68. The smallest absolute Gasteiger partial charge is 0.0587 e. The minimum atomic E-state index is 0.763. The molecule has 1 N–H and O–H groups in total. The first-order valence-corrected chi connectivity index (χ1v) is 8.36. The molecule has 0 aromatic heterocycles. The topological polar surface area (TPSA) is 30.5 Å². The van der Waals surface area contributed by atoms with Crippen LogP contribution in [-0.2, 0) is 16.0 Å². The normalized spacial score (nSPS) is 16.4. The molecule has 0 unspecified atom stereocenters. The minimum Gasteiger partial charge on any atom is -0.383 e. The van der Waals surface area contributed by atoms with E-state index in [0.717, 1.165) is 38.8 Å². The second kappa shape index (κ2) is 9.40. The zero-order valence-electron chi connectivity index (χ0n) is 12.3. The Morgan fingerprint density at radius 1 is 1.25 bits per heavy atom. The first kappa shape index (κ1) is 15.8. The van der Waals surface area contributed by atoms with Gasteiger partial charge in [0.25, 0.3) is 0 Å². The van der Waals surface area contributed by atoms with Gasteiger partial charge in [-0.05, 0) is 36.5 Å². The molecule has 0 saturated carbocycles. The van der Waals surface area contributed by atoms with Crippen LogP contribution in [-0.4, -0.2) is 39.2 Å². The van der Waals surface area contributed by atoms with Gasteiger partial charge in [-0.3, -0.25) is 0 Å². The molecule has 112 valence electrons. The average Bonchev–Trinajstić information content (AvgIpc) is 2.52. The Labute approximate surface area is 126 Å². The molecule has 1 fully saturated rings. The lowest BCUT2D eigenvalue weighted by Crippen LogP contribution is -2.18. The molecule has 0 aliphatic carbocycles. The monoisotopic (exact) mass is 295 g/mol. The van der Waals surface area contributed by atoms with E-state index in [1.807, 2.05) is 11.8 Å². The maximum Gasteiger partial charge on any atom is 0.0587 e. The number of rotatable bonds is 8. The van der Waals surface area contributed by atoms with Gasteiger partial charge in [0.2, 0.25) is 0 Å². The van der Waals surface area contributed by atoms with E-state index >= 15 is 0 Å². The summed E-state index contributed by atoms with van der Waals surface area (Å²) in [5.41, 5.74) is 1.33. The largest absolute Gasteiger partial charge is 0.383 e. The second-order valence-electron chi connectivity index (χ2n) is 5.18. The van der Waals surface area contributed by atoms with Gasteiger partial charge in [0.05, 0.1) is 6.61 Å². The molecule has 20 heavy (non-hydrogen) atoms. The fourth-order valence-corrected chi connectivity index (χ4v) is 3.33. The van der Waals surface area contributed by atoms with Gasteiger partial charge in [0, 0.05) is 44.1 Å². The van der Waals surface area contributed by atoms with Crippen LogP contribution in [0.2, 0.25) is 0 Å². The summed E-state index contributed by atoms with van der Waals surface area (Å²) in [4.78, 5) is 1.37. The number of hydrogen-bond donors (Lipinski definition) is 1. The van der Waals surface area contributed by atoms with Crippen molar-refractivity contribution < 1.29 is 9.47 Å². The zero-order chi connectivity index (χ0) is 14.0. The molecule has 0 radical (unpaired) electrons. The van der Waals surface area contributed by atoms with Crippen LogP contribution in [0.4, 0.5) is 0 Å². The predicted molar refractivity (Wildman–Crippen MR) is 84.3 cm³/mol. The van der Waals surface area contributed by atoms with Gasteiger partial charge >= 0.3 is 0 Å². The van der Waals surface area contributed by atoms with Gasteiger partial charge in [-0.15, -0.1) is 11.8 Å². The van der Waals surface area contributed by atoms with Crippen molar-refractivity contribution >= 4 is 11.8 Å². The van der Waals surface area contributed by atoms with Crippen LogP contribution in [0.5, 0.6) is 0 Å². The summed E-state index contributed by atoms with van der Waals surface area (Å²) in [6.07, 6.45) is 2.43. The Kier molecular flexibility index (Phi) is 7.44. The summed E-state index contributed by atoms with van der Waals surface area (Å²) in [6, 6.07) is 8.90. The number of nitrogens with one attached hydrogen (secondary N) is 1. The average molecular weight is 295 g/mol. The molecule has 0 atom stereocenters. The van der Waals surface area contributed by atoms with E-state index in [-0.39, 0.29) is 0 Å². The van der Waals surface area contributed by atoms with E-state index in [0.29, 0.717) is 0 Å². The predicted octanol–water partition coefficient (Wildman–Crippen LogP) is 2.94. The third-order valence-corrected chi connectivity index (χ3v) is 4.81. The molecule has 1 aromatic carbocycles. The van der Waals surface area contributed by atoms with Gasteiger partial charge in [-0.1, -0.05) is 12.1 Å². The molecule has 1 aliphatic rings. The quantitative estimate of drug-likeness (QED) is 0.590. The molecule has 1 heterocycles. The van der Waals surface area contributed by atoms with Gasteiger partial charge in [0.15, 0.2) is 0 Å². The fourth-order valence-electron chi connectivity index (χ4n) is 2.24. The lowest BCUT2D eigenvalue weighted by Gasteiger charge is -2.21. The summed E-state index contributed by atoms with van der Waals surface area (Å²) < 4.78 is 10.4. The maximum absolute atomic E-state index is 5.40. The Morgan fingerprint density at radius 3 is 2.70 bits per heavy atom. The standard InChI is InChI=1S/C16H25NO2S/c1-18-11-8-17-12-14-2-4-16(5-3-14)20-13-15-6-9-19-10-7-15/h2-5,15,17H,6-13H2,1H3. The first-order valence-electron chi connectivity index (χ1n) is 7.37. The SMILES string of the molecule is COCCNCc1ccc(SCC2CCOCC2)cc1. The molecular formula is C16H25NO2S. The lowest BCUT2D eigenvalue weighted by atomic mass is 10.0. The van der Waals surface area contributed by atoms with E-state index in [1.165, 1.54) is 29.1 Å². The van der Waals surface area contributed by atoms with Crippen molar-refractivity contribution in [2.45, 2.75) is 24.3 Å². The first-order chi connectivity index (χ1) is 9.88. The second-order valence-corrected chi connectivity index (χ2v) is 6.27. The molecule has 0 amide bonds. The number of benzene rings is 1. The summed E-state index contributed by atoms with van der Waals surface area (Å²) in [6.45, 7) is 4.46. The van der Waals surface area contributed by atoms with Crippen LogP contribution in [0.1, 0.15) is 18.4 Å². The maximum atomic E-state index is 5.40. The number of methoxy groups -OCH3 is 1. The molecule has 1 aliphatic heterocycles. The summed E-state index contributed by atoms with van der Waals surface area (Å²) in [5, 5.41) is 3.36. The van der Waals surface area contributed by atoms with Gasteiger partial charge in [-0.25, -0.2) is 0 Å². The van der Waals surface area contributed by atoms with E-state index in [1.54, 1.807) is 7.11 Å². The highest BCUT2D eigenvalue weighted by Crippen LogP contribution is 2.25. The van der Waals surface area contributed by atoms with Crippen molar-refractivity contribution in [2.75, 3.05) is 39.2 Å². The third kappa shape index (κ3) is 5.83. The molecule has 1 saturated heterocycles. The summed E-state index contributed by atoms with van der Waals surface area (Å²) >= 11 is 1.97. The van der Waals surface area contributed by atoms with Crippen LogP contribution in [0.15, 0.2) is 29.2 Å². The molecule has 0 spiro atoms. The Morgan fingerprint density at radius 2 is 2.00 bits per heavy atom. The molecule has 2 rings (SSSR count). The van der Waals surface area contributed by atoms with Gasteiger partial charge < -0.3 is 14.8 Å².